The summed E-state index contributed by atoms with van der Waals surface area (Å²) in [4.78, 5) is 15.2. The minimum atomic E-state index is -0.245. The molecule has 0 aliphatic carbocycles. The van der Waals surface area contributed by atoms with Crippen LogP contribution >= 0.6 is 0 Å². The van der Waals surface area contributed by atoms with Crippen molar-refractivity contribution in [2.45, 2.75) is 6.92 Å². The van der Waals surface area contributed by atoms with Crippen molar-refractivity contribution in [2.75, 3.05) is 0 Å². The van der Waals surface area contributed by atoms with Gasteiger partial charge in [-0.1, -0.05) is 18.2 Å². The van der Waals surface area contributed by atoms with Gasteiger partial charge in [0.05, 0.1) is 18.0 Å². The second kappa shape index (κ2) is 5.24. The topological polar surface area (TPSA) is 75.1 Å². The molecule has 0 saturated carbocycles. The van der Waals surface area contributed by atoms with Gasteiger partial charge in [0.1, 0.15) is 0 Å². The van der Waals surface area contributed by atoms with Gasteiger partial charge in [-0.25, -0.2) is 5.43 Å². The second-order valence-electron chi connectivity index (χ2n) is 4.76. The number of fused-ring (bicyclic) bond motifs is 1. The number of carbonyl (C=O) groups is 1. The van der Waals surface area contributed by atoms with E-state index in [4.69, 9.17) is 0 Å². The maximum absolute atomic E-state index is 12.1. The molecule has 2 N–H and O–H groups in total. The molecule has 6 heteroatoms. The predicted molar refractivity (Wildman–Crippen MR) is 81.3 cm³/mol. The molecule has 21 heavy (non-hydrogen) atoms. The lowest BCUT2D eigenvalue weighted by molar-refractivity contribution is 0.0957. The Kier molecular flexibility index (Phi) is 3.27. The number of benzene rings is 1. The van der Waals surface area contributed by atoms with E-state index in [2.05, 4.69) is 20.6 Å². The third kappa shape index (κ3) is 2.43. The van der Waals surface area contributed by atoms with Gasteiger partial charge in [0.25, 0.3) is 5.91 Å². The summed E-state index contributed by atoms with van der Waals surface area (Å²) >= 11 is 0. The number of para-hydroxylation sites is 1. The van der Waals surface area contributed by atoms with Gasteiger partial charge < -0.3 is 4.98 Å². The fraction of sp³-hybridized carbons (Fsp3) is 0.133. The molecule has 0 radical (unpaired) electrons. The van der Waals surface area contributed by atoms with E-state index < -0.39 is 0 Å². The van der Waals surface area contributed by atoms with Crippen LogP contribution in [0.3, 0.4) is 0 Å². The van der Waals surface area contributed by atoms with Crippen molar-refractivity contribution >= 4 is 23.0 Å². The minimum absolute atomic E-state index is 0.245. The van der Waals surface area contributed by atoms with Gasteiger partial charge >= 0.3 is 0 Å². The van der Waals surface area contributed by atoms with Gasteiger partial charge in [-0.3, -0.25) is 9.48 Å². The number of hydrazone groups is 1. The standard InChI is InChI=1S/C15H15N5O/c1-10-11(8-18-20(10)2)7-17-19-15(21)13-9-16-14-6-4-3-5-12(13)14/h3-9,16H,1-2H3,(H,19,21)/b17-7+. The Morgan fingerprint density at radius 3 is 3.00 bits per heavy atom. The maximum atomic E-state index is 12.1. The quantitative estimate of drug-likeness (QED) is 0.569. The van der Waals surface area contributed by atoms with Gasteiger partial charge in [0.15, 0.2) is 0 Å². The van der Waals surface area contributed by atoms with Gasteiger partial charge in [-0.2, -0.15) is 10.2 Å². The van der Waals surface area contributed by atoms with Crippen LogP contribution in [0.4, 0.5) is 0 Å². The van der Waals surface area contributed by atoms with Crippen molar-refractivity contribution < 1.29 is 4.79 Å². The van der Waals surface area contributed by atoms with E-state index in [1.54, 1.807) is 23.3 Å². The van der Waals surface area contributed by atoms with Crippen LogP contribution < -0.4 is 5.43 Å². The highest BCUT2D eigenvalue weighted by Crippen LogP contribution is 2.17. The molecule has 3 rings (SSSR count). The zero-order valence-electron chi connectivity index (χ0n) is 11.8. The van der Waals surface area contributed by atoms with Crippen LogP contribution in [0.15, 0.2) is 41.8 Å². The number of hydrogen-bond acceptors (Lipinski definition) is 3. The average Bonchev–Trinajstić information content (AvgIpc) is 3.05. The zero-order valence-corrected chi connectivity index (χ0v) is 11.8. The van der Waals surface area contributed by atoms with Gasteiger partial charge in [0.2, 0.25) is 0 Å². The number of hydrogen-bond donors (Lipinski definition) is 2. The number of nitrogens with zero attached hydrogens (tertiary/aromatic N) is 3. The number of aromatic nitrogens is 3. The van der Waals surface area contributed by atoms with Crippen molar-refractivity contribution in [1.82, 2.24) is 20.2 Å². The Labute approximate surface area is 121 Å². The molecular formula is C15H15N5O. The molecule has 0 spiro atoms. The van der Waals surface area contributed by atoms with Gasteiger partial charge in [0, 0.05) is 35.4 Å². The Balaban J connectivity index is 1.76. The zero-order chi connectivity index (χ0) is 14.8. The fourth-order valence-electron chi connectivity index (χ4n) is 2.12. The molecular weight excluding hydrogens is 266 g/mol. The molecule has 0 aliphatic rings. The van der Waals surface area contributed by atoms with Crippen molar-refractivity contribution in [3.05, 3.63) is 53.5 Å². The van der Waals surface area contributed by atoms with Crippen LogP contribution in [0, 0.1) is 6.92 Å². The molecule has 0 aliphatic heterocycles. The SMILES string of the molecule is Cc1c(/C=N/NC(=O)c2c[nH]c3ccccc23)cnn1C. The largest absolute Gasteiger partial charge is 0.360 e. The molecule has 0 bridgehead atoms. The Morgan fingerprint density at radius 2 is 2.24 bits per heavy atom. The van der Waals surface area contributed by atoms with Crippen LogP contribution in [0.2, 0.25) is 0 Å². The summed E-state index contributed by atoms with van der Waals surface area (Å²) in [7, 11) is 1.86. The van der Waals surface area contributed by atoms with E-state index in [9.17, 15) is 4.79 Å². The van der Waals surface area contributed by atoms with E-state index in [0.717, 1.165) is 22.2 Å². The minimum Gasteiger partial charge on any atom is -0.360 e. The molecule has 2 heterocycles. The molecule has 3 aromatic rings. The van der Waals surface area contributed by atoms with Crippen molar-refractivity contribution in [1.29, 1.82) is 0 Å². The summed E-state index contributed by atoms with van der Waals surface area (Å²) in [5, 5.41) is 8.98. The smallest absolute Gasteiger partial charge is 0.273 e. The number of rotatable bonds is 3. The first-order valence-corrected chi connectivity index (χ1v) is 6.55. The number of H-pyrrole nitrogens is 1. The van der Waals surface area contributed by atoms with Crippen LogP contribution in [0.5, 0.6) is 0 Å². The van der Waals surface area contributed by atoms with Crippen LogP contribution in [0.25, 0.3) is 10.9 Å². The summed E-state index contributed by atoms with van der Waals surface area (Å²) in [6.07, 6.45) is 4.98. The van der Waals surface area contributed by atoms with Crippen molar-refractivity contribution in [3.8, 4) is 0 Å². The first-order valence-electron chi connectivity index (χ1n) is 6.55. The summed E-state index contributed by atoms with van der Waals surface area (Å²) in [5.74, 6) is -0.245. The van der Waals surface area contributed by atoms with Crippen LogP contribution in [-0.4, -0.2) is 26.9 Å². The van der Waals surface area contributed by atoms with Crippen molar-refractivity contribution in [3.63, 3.8) is 0 Å². The molecule has 6 nitrogen and oxygen atoms in total. The van der Waals surface area contributed by atoms with Crippen molar-refractivity contribution in [2.24, 2.45) is 12.1 Å². The Hall–Kier alpha value is -2.89. The lowest BCUT2D eigenvalue weighted by atomic mass is 10.2. The van der Waals surface area contributed by atoms with E-state index >= 15 is 0 Å². The van der Waals surface area contributed by atoms with E-state index in [1.807, 2.05) is 38.2 Å². The number of amides is 1. The lowest BCUT2D eigenvalue weighted by Gasteiger charge is -1.98. The number of carbonyl (C=O) groups excluding carboxylic acids is 1. The molecule has 2 aromatic heterocycles. The first-order chi connectivity index (χ1) is 10.2. The summed E-state index contributed by atoms with van der Waals surface area (Å²) in [5.41, 5.74) is 5.89. The lowest BCUT2D eigenvalue weighted by Crippen LogP contribution is -2.17. The van der Waals surface area contributed by atoms with Crippen LogP contribution in [-0.2, 0) is 7.05 Å². The summed E-state index contributed by atoms with van der Waals surface area (Å²) in [6, 6.07) is 7.64. The summed E-state index contributed by atoms with van der Waals surface area (Å²) in [6.45, 7) is 1.94. The van der Waals surface area contributed by atoms with Crippen LogP contribution in [0.1, 0.15) is 21.6 Å². The Bertz CT molecular complexity index is 828. The molecule has 0 saturated heterocycles. The molecule has 106 valence electrons. The second-order valence-corrected chi connectivity index (χ2v) is 4.76. The van der Waals surface area contributed by atoms with E-state index in [1.165, 1.54) is 0 Å². The van der Waals surface area contributed by atoms with E-state index in [0.29, 0.717) is 5.56 Å². The highest BCUT2D eigenvalue weighted by molar-refractivity contribution is 6.06. The highest BCUT2D eigenvalue weighted by atomic mass is 16.2. The molecule has 1 amide bonds. The Morgan fingerprint density at radius 1 is 1.43 bits per heavy atom. The number of aromatic amines is 1. The third-order valence-electron chi connectivity index (χ3n) is 3.48. The van der Waals surface area contributed by atoms with E-state index in [-0.39, 0.29) is 5.91 Å². The highest BCUT2D eigenvalue weighted by Gasteiger charge is 2.10. The molecule has 1 aromatic carbocycles. The first kappa shape index (κ1) is 13.1. The van der Waals surface area contributed by atoms with Gasteiger partial charge in [-0.05, 0) is 13.0 Å². The number of nitrogens with one attached hydrogen (secondary N) is 2. The molecule has 0 fully saturated rings. The predicted octanol–water partition coefficient (Wildman–Crippen LogP) is 1.97. The molecule has 0 atom stereocenters. The average molecular weight is 281 g/mol. The maximum Gasteiger partial charge on any atom is 0.273 e. The monoisotopic (exact) mass is 281 g/mol. The van der Waals surface area contributed by atoms with Gasteiger partial charge in [-0.15, -0.1) is 0 Å². The third-order valence-corrected chi connectivity index (χ3v) is 3.48. The number of aryl methyl sites for hydroxylation is 1. The normalized spacial score (nSPS) is 11.3. The fourth-order valence-corrected chi connectivity index (χ4v) is 2.12. The molecule has 0 unspecified atom stereocenters. The summed E-state index contributed by atoms with van der Waals surface area (Å²) < 4.78 is 1.75.